The fourth-order valence-electron chi connectivity index (χ4n) is 2.69. The van der Waals surface area contributed by atoms with Crippen LogP contribution in [0.25, 0.3) is 0 Å². The molecule has 1 amide bonds. The fraction of sp³-hybridized carbons (Fsp3) is 0.381. The lowest BCUT2D eigenvalue weighted by molar-refractivity contribution is -0.124. The predicted molar refractivity (Wildman–Crippen MR) is 116 cm³/mol. The second kappa shape index (κ2) is 10.7. The lowest BCUT2D eigenvalue weighted by Gasteiger charge is -2.29. The van der Waals surface area contributed by atoms with Gasteiger partial charge in [-0.3, -0.25) is 4.79 Å². The summed E-state index contributed by atoms with van der Waals surface area (Å²) in [5, 5.41) is 3.14. The largest absolute Gasteiger partial charge is 0.354 e. The summed E-state index contributed by atoms with van der Waals surface area (Å²) in [7, 11) is 7.84. The maximum absolute atomic E-state index is 13.1. The quantitative estimate of drug-likeness (QED) is 0.492. The molecule has 0 atom stereocenters. The van der Waals surface area contributed by atoms with Gasteiger partial charge in [-0.2, -0.15) is 0 Å². The van der Waals surface area contributed by atoms with Crippen molar-refractivity contribution in [2.75, 3.05) is 38.7 Å². The summed E-state index contributed by atoms with van der Waals surface area (Å²) in [5.74, 6) is 2.05. The van der Waals surface area contributed by atoms with Gasteiger partial charge in [0.25, 0.3) is 0 Å². The van der Waals surface area contributed by atoms with E-state index in [1.807, 2.05) is 89.2 Å². The molecule has 0 saturated carbocycles. The van der Waals surface area contributed by atoms with Gasteiger partial charge in [0, 0.05) is 24.6 Å². The molecule has 0 heterocycles. The third-order valence-electron chi connectivity index (χ3n) is 4.33. The number of amides is 1. The summed E-state index contributed by atoms with van der Waals surface area (Å²) in [5.41, 5.74) is 1.33. The molecule has 140 valence electrons. The topological polar surface area (TPSA) is 32.3 Å². The molecule has 0 radical (unpaired) electrons. The molecule has 0 bridgehead atoms. The highest BCUT2D eigenvalue weighted by Gasteiger charge is 2.36. The monoisotopic (exact) mass is 388 g/mol. The lowest BCUT2D eigenvalue weighted by Crippen LogP contribution is -2.43. The van der Waals surface area contributed by atoms with Crippen molar-refractivity contribution in [1.82, 2.24) is 10.2 Å². The second-order valence-corrected chi connectivity index (χ2v) is 9.26. The Balaban J connectivity index is 1.97. The summed E-state index contributed by atoms with van der Waals surface area (Å²) >= 11 is 0. The van der Waals surface area contributed by atoms with Crippen molar-refractivity contribution in [3.05, 3.63) is 71.8 Å². The van der Waals surface area contributed by atoms with Gasteiger partial charge in [0.05, 0.1) is 5.41 Å². The number of carbonyl (C=O) groups excluding carboxylic acids is 1. The first-order valence-corrected chi connectivity index (χ1v) is 11.3. The number of carbonyl (C=O) groups is 1. The van der Waals surface area contributed by atoms with E-state index in [0.717, 1.165) is 29.2 Å². The zero-order valence-electron chi connectivity index (χ0n) is 15.8. The van der Waals surface area contributed by atoms with Crippen molar-refractivity contribution in [3.63, 3.8) is 0 Å². The average Bonchev–Trinajstić information content (AvgIpc) is 2.67. The molecular weight excluding hydrogens is 360 g/mol. The van der Waals surface area contributed by atoms with Crippen LogP contribution in [0.15, 0.2) is 60.7 Å². The van der Waals surface area contributed by atoms with Crippen molar-refractivity contribution in [2.24, 2.45) is 0 Å². The number of hydrogen-bond donors (Lipinski definition) is 1. The Kier molecular flexibility index (Phi) is 8.55. The van der Waals surface area contributed by atoms with Crippen LogP contribution in [0.1, 0.15) is 18.1 Å². The third-order valence-corrected chi connectivity index (χ3v) is 6.72. The number of hydrogen-bond acceptors (Lipinski definition) is 4. The van der Waals surface area contributed by atoms with Gasteiger partial charge in [0.15, 0.2) is 0 Å². The Morgan fingerprint density at radius 1 is 0.923 bits per heavy atom. The van der Waals surface area contributed by atoms with Crippen LogP contribution in [0.3, 0.4) is 0 Å². The molecule has 5 heteroatoms. The molecule has 0 saturated heterocycles. The van der Waals surface area contributed by atoms with Crippen LogP contribution in [0.2, 0.25) is 0 Å². The van der Waals surface area contributed by atoms with Gasteiger partial charge >= 0.3 is 0 Å². The first-order chi connectivity index (χ1) is 12.5. The Morgan fingerprint density at radius 3 is 1.92 bits per heavy atom. The minimum Gasteiger partial charge on any atom is -0.354 e. The van der Waals surface area contributed by atoms with Gasteiger partial charge in [0.2, 0.25) is 5.91 Å². The van der Waals surface area contributed by atoms with Crippen LogP contribution in [0, 0.1) is 0 Å². The molecule has 0 unspecified atom stereocenters. The minimum absolute atomic E-state index is 0.0498. The van der Waals surface area contributed by atoms with Crippen molar-refractivity contribution >= 4 is 27.5 Å². The van der Waals surface area contributed by atoms with E-state index in [1.54, 1.807) is 0 Å². The predicted octanol–water partition coefficient (Wildman–Crippen LogP) is 4.05. The molecule has 0 aliphatic rings. The maximum atomic E-state index is 13.1. The Labute approximate surface area is 165 Å². The molecule has 0 aliphatic carbocycles. The van der Waals surface area contributed by atoms with Crippen molar-refractivity contribution in [1.29, 1.82) is 0 Å². The van der Waals surface area contributed by atoms with E-state index in [4.69, 9.17) is 0 Å². The number of nitrogens with one attached hydrogen (secondary N) is 1. The molecule has 0 aromatic heterocycles. The SMILES string of the molecule is CN(C)CCSSCCNC(=O)C(C)(c1ccccc1)c1ccccc1. The molecule has 2 aromatic rings. The summed E-state index contributed by atoms with van der Waals surface area (Å²) in [6, 6.07) is 20.0. The highest BCUT2D eigenvalue weighted by atomic mass is 33.1. The van der Waals surface area contributed by atoms with Gasteiger partial charge in [0.1, 0.15) is 0 Å². The van der Waals surface area contributed by atoms with Gasteiger partial charge in [-0.1, -0.05) is 82.3 Å². The Bertz CT molecular complexity index is 623. The van der Waals surface area contributed by atoms with E-state index in [2.05, 4.69) is 24.3 Å². The molecule has 1 N–H and O–H groups in total. The van der Waals surface area contributed by atoms with Crippen molar-refractivity contribution < 1.29 is 4.79 Å². The van der Waals surface area contributed by atoms with Crippen molar-refractivity contribution in [3.8, 4) is 0 Å². The van der Waals surface area contributed by atoms with Gasteiger partial charge in [-0.15, -0.1) is 0 Å². The first-order valence-electron chi connectivity index (χ1n) is 8.83. The third kappa shape index (κ3) is 5.79. The smallest absolute Gasteiger partial charge is 0.234 e. The van der Waals surface area contributed by atoms with E-state index < -0.39 is 5.41 Å². The van der Waals surface area contributed by atoms with E-state index in [0.29, 0.717) is 6.54 Å². The molecule has 2 aromatic carbocycles. The first kappa shape index (κ1) is 20.9. The van der Waals surface area contributed by atoms with E-state index in [-0.39, 0.29) is 5.91 Å². The van der Waals surface area contributed by atoms with Crippen molar-refractivity contribution in [2.45, 2.75) is 12.3 Å². The number of benzene rings is 2. The molecule has 2 rings (SSSR count). The zero-order chi connectivity index (χ0) is 18.8. The van der Waals surface area contributed by atoms with Gasteiger partial charge < -0.3 is 10.2 Å². The van der Waals surface area contributed by atoms with Gasteiger partial charge in [-0.25, -0.2) is 0 Å². The standard InChI is InChI=1S/C21H28N2OS2/c1-21(18-10-6-4-7-11-18,19-12-8-5-9-13-19)20(24)22-14-16-25-26-17-15-23(2)3/h4-13H,14-17H2,1-3H3,(H,22,24). The van der Waals surface area contributed by atoms with Gasteiger partial charge in [-0.05, 0) is 32.1 Å². The highest BCUT2D eigenvalue weighted by Crippen LogP contribution is 2.32. The van der Waals surface area contributed by atoms with Crippen LogP contribution >= 0.6 is 21.6 Å². The molecule has 0 aliphatic heterocycles. The second-order valence-electron chi connectivity index (χ2n) is 6.56. The van der Waals surface area contributed by atoms with E-state index >= 15 is 0 Å². The maximum Gasteiger partial charge on any atom is 0.234 e. The van der Waals surface area contributed by atoms with E-state index in [1.165, 1.54) is 0 Å². The molecule has 26 heavy (non-hydrogen) atoms. The van der Waals surface area contributed by atoms with Crippen LogP contribution in [-0.2, 0) is 10.2 Å². The lowest BCUT2D eigenvalue weighted by atomic mass is 9.75. The number of nitrogens with zero attached hydrogens (tertiary/aromatic N) is 1. The van der Waals surface area contributed by atoms with Crippen LogP contribution in [-0.4, -0.2) is 49.5 Å². The molecular formula is C21H28N2OS2. The Hall–Kier alpha value is -1.43. The number of rotatable bonds is 10. The minimum atomic E-state index is -0.689. The zero-order valence-corrected chi connectivity index (χ0v) is 17.4. The Morgan fingerprint density at radius 2 is 1.42 bits per heavy atom. The van der Waals surface area contributed by atoms with Crippen LogP contribution in [0.5, 0.6) is 0 Å². The summed E-state index contributed by atoms with van der Waals surface area (Å²) in [6.45, 7) is 3.75. The summed E-state index contributed by atoms with van der Waals surface area (Å²) in [6.07, 6.45) is 0. The molecule has 0 fully saturated rings. The average molecular weight is 389 g/mol. The highest BCUT2D eigenvalue weighted by molar-refractivity contribution is 8.76. The fourth-order valence-corrected chi connectivity index (χ4v) is 4.73. The van der Waals surface area contributed by atoms with Crippen LogP contribution in [0.4, 0.5) is 0 Å². The molecule has 0 spiro atoms. The molecule has 3 nitrogen and oxygen atoms in total. The normalized spacial score (nSPS) is 11.5. The van der Waals surface area contributed by atoms with E-state index in [9.17, 15) is 4.79 Å². The van der Waals surface area contributed by atoms with Crippen LogP contribution < -0.4 is 5.32 Å². The summed E-state index contributed by atoms with van der Waals surface area (Å²) in [4.78, 5) is 15.3. The summed E-state index contributed by atoms with van der Waals surface area (Å²) < 4.78 is 0.